The standard InChI is InChI=1S/C21H29N3O/c1-22-21(24-16-14-19-10-4-2-5-11-19)23-15-8-9-17-25-18-20-12-6-3-7-13-20/h2-7,10-13H,8-9,14-18H2,1H3,(H2,22,23,24). The molecule has 0 heterocycles. The third-order valence-corrected chi connectivity index (χ3v) is 3.89. The monoisotopic (exact) mass is 339 g/mol. The minimum atomic E-state index is 0.691. The SMILES string of the molecule is CN=C(NCCCCOCc1ccccc1)NCCc1ccccc1. The van der Waals surface area contributed by atoms with E-state index < -0.39 is 0 Å². The number of nitrogens with one attached hydrogen (secondary N) is 2. The Balaban J connectivity index is 1.48. The first-order valence-corrected chi connectivity index (χ1v) is 8.98. The molecule has 0 atom stereocenters. The van der Waals surface area contributed by atoms with Crippen molar-refractivity contribution in [3.63, 3.8) is 0 Å². The van der Waals surface area contributed by atoms with Crippen molar-refractivity contribution >= 4 is 5.96 Å². The molecule has 2 rings (SSSR count). The number of hydrogen-bond acceptors (Lipinski definition) is 2. The molecule has 0 aliphatic heterocycles. The van der Waals surface area contributed by atoms with E-state index in [1.807, 2.05) is 24.3 Å². The van der Waals surface area contributed by atoms with Gasteiger partial charge in [0, 0.05) is 26.7 Å². The summed E-state index contributed by atoms with van der Waals surface area (Å²) in [4.78, 5) is 4.26. The van der Waals surface area contributed by atoms with Crippen molar-refractivity contribution in [2.24, 2.45) is 4.99 Å². The fraction of sp³-hybridized carbons (Fsp3) is 0.381. The molecule has 0 bridgehead atoms. The van der Waals surface area contributed by atoms with Gasteiger partial charge in [-0.3, -0.25) is 4.99 Å². The highest BCUT2D eigenvalue weighted by atomic mass is 16.5. The van der Waals surface area contributed by atoms with Crippen molar-refractivity contribution in [2.45, 2.75) is 25.9 Å². The van der Waals surface area contributed by atoms with Gasteiger partial charge < -0.3 is 15.4 Å². The summed E-state index contributed by atoms with van der Waals surface area (Å²) in [7, 11) is 1.81. The first-order valence-electron chi connectivity index (χ1n) is 8.98. The predicted molar refractivity (Wildman–Crippen MR) is 105 cm³/mol. The van der Waals surface area contributed by atoms with E-state index in [1.54, 1.807) is 7.05 Å². The second-order valence-electron chi connectivity index (χ2n) is 5.91. The topological polar surface area (TPSA) is 45.7 Å². The van der Waals surface area contributed by atoms with Gasteiger partial charge in [-0.2, -0.15) is 0 Å². The molecule has 0 unspecified atom stereocenters. The average Bonchev–Trinajstić information content (AvgIpc) is 2.67. The molecule has 2 N–H and O–H groups in total. The van der Waals surface area contributed by atoms with E-state index in [9.17, 15) is 0 Å². The number of nitrogens with zero attached hydrogens (tertiary/aromatic N) is 1. The van der Waals surface area contributed by atoms with Crippen LogP contribution in [0, 0.1) is 0 Å². The quantitative estimate of drug-likeness (QED) is 0.396. The number of benzene rings is 2. The van der Waals surface area contributed by atoms with Gasteiger partial charge in [-0.1, -0.05) is 60.7 Å². The lowest BCUT2D eigenvalue weighted by Crippen LogP contribution is -2.38. The molecule has 0 saturated carbocycles. The summed E-state index contributed by atoms with van der Waals surface area (Å²) in [5.41, 5.74) is 2.56. The number of ether oxygens (including phenoxy) is 1. The zero-order valence-electron chi connectivity index (χ0n) is 15.1. The smallest absolute Gasteiger partial charge is 0.190 e. The summed E-state index contributed by atoms with van der Waals surface area (Å²) >= 11 is 0. The first-order chi connectivity index (χ1) is 12.4. The highest BCUT2D eigenvalue weighted by molar-refractivity contribution is 5.79. The van der Waals surface area contributed by atoms with Crippen LogP contribution >= 0.6 is 0 Å². The fourth-order valence-corrected chi connectivity index (χ4v) is 2.49. The molecule has 0 radical (unpaired) electrons. The molecule has 134 valence electrons. The Morgan fingerprint density at radius 3 is 2.16 bits per heavy atom. The normalized spacial score (nSPS) is 11.3. The molecule has 0 aliphatic rings. The summed E-state index contributed by atoms with van der Waals surface area (Å²) in [6.07, 6.45) is 3.10. The molecular formula is C21H29N3O. The van der Waals surface area contributed by atoms with Crippen LogP contribution in [0.15, 0.2) is 65.7 Å². The van der Waals surface area contributed by atoms with Crippen LogP contribution in [0.1, 0.15) is 24.0 Å². The van der Waals surface area contributed by atoms with Gasteiger partial charge in [0.1, 0.15) is 0 Å². The van der Waals surface area contributed by atoms with E-state index in [-0.39, 0.29) is 0 Å². The number of hydrogen-bond donors (Lipinski definition) is 2. The Morgan fingerprint density at radius 1 is 0.840 bits per heavy atom. The van der Waals surface area contributed by atoms with E-state index in [1.165, 1.54) is 11.1 Å². The Bertz CT molecular complexity index is 599. The molecule has 4 nitrogen and oxygen atoms in total. The van der Waals surface area contributed by atoms with Gasteiger partial charge in [0.15, 0.2) is 5.96 Å². The molecule has 0 amide bonds. The van der Waals surface area contributed by atoms with Crippen LogP contribution in [0.25, 0.3) is 0 Å². The van der Waals surface area contributed by atoms with Gasteiger partial charge >= 0.3 is 0 Å². The minimum absolute atomic E-state index is 0.691. The Morgan fingerprint density at radius 2 is 1.48 bits per heavy atom. The third kappa shape index (κ3) is 8.36. The second-order valence-corrected chi connectivity index (χ2v) is 5.91. The van der Waals surface area contributed by atoms with Crippen LogP contribution in [-0.4, -0.2) is 32.7 Å². The Hall–Kier alpha value is -2.33. The van der Waals surface area contributed by atoms with Gasteiger partial charge in [0.25, 0.3) is 0 Å². The van der Waals surface area contributed by atoms with E-state index in [0.717, 1.165) is 44.9 Å². The minimum Gasteiger partial charge on any atom is -0.377 e. The van der Waals surface area contributed by atoms with Crippen LogP contribution < -0.4 is 10.6 Å². The molecule has 0 saturated heterocycles. The number of aliphatic imine (C=N–C) groups is 1. The van der Waals surface area contributed by atoms with Crippen LogP contribution in [-0.2, 0) is 17.8 Å². The van der Waals surface area contributed by atoms with Crippen LogP contribution in [0.3, 0.4) is 0 Å². The van der Waals surface area contributed by atoms with Crippen molar-refractivity contribution in [3.05, 3.63) is 71.8 Å². The number of guanidine groups is 1. The van der Waals surface area contributed by atoms with Crippen molar-refractivity contribution in [1.82, 2.24) is 10.6 Å². The molecule has 25 heavy (non-hydrogen) atoms. The van der Waals surface area contributed by atoms with E-state index >= 15 is 0 Å². The molecule has 0 aromatic heterocycles. The summed E-state index contributed by atoms with van der Waals surface area (Å²) in [5, 5.41) is 6.70. The number of unbranched alkanes of at least 4 members (excludes halogenated alkanes) is 1. The van der Waals surface area contributed by atoms with Crippen molar-refractivity contribution < 1.29 is 4.74 Å². The lowest BCUT2D eigenvalue weighted by atomic mass is 10.1. The van der Waals surface area contributed by atoms with Crippen molar-refractivity contribution in [1.29, 1.82) is 0 Å². The molecular weight excluding hydrogens is 310 g/mol. The van der Waals surface area contributed by atoms with Crippen molar-refractivity contribution in [3.8, 4) is 0 Å². The molecule has 4 heteroatoms. The zero-order valence-corrected chi connectivity index (χ0v) is 15.1. The van der Waals surface area contributed by atoms with E-state index in [4.69, 9.17) is 4.74 Å². The highest BCUT2D eigenvalue weighted by Gasteiger charge is 1.98. The lowest BCUT2D eigenvalue weighted by Gasteiger charge is -2.12. The summed E-state index contributed by atoms with van der Waals surface area (Å²) in [5.74, 6) is 0.862. The van der Waals surface area contributed by atoms with Gasteiger partial charge in [-0.15, -0.1) is 0 Å². The zero-order chi connectivity index (χ0) is 17.6. The maximum atomic E-state index is 5.69. The summed E-state index contributed by atoms with van der Waals surface area (Å²) in [6, 6.07) is 20.8. The summed E-state index contributed by atoms with van der Waals surface area (Å²) < 4.78 is 5.69. The van der Waals surface area contributed by atoms with Crippen molar-refractivity contribution in [2.75, 3.05) is 26.7 Å². The third-order valence-electron chi connectivity index (χ3n) is 3.89. The summed E-state index contributed by atoms with van der Waals surface area (Å²) in [6.45, 7) is 3.26. The van der Waals surface area contributed by atoms with Gasteiger partial charge in [-0.25, -0.2) is 0 Å². The van der Waals surface area contributed by atoms with Gasteiger partial charge in [-0.05, 0) is 30.4 Å². The Labute approximate surface area is 151 Å². The maximum absolute atomic E-state index is 5.69. The van der Waals surface area contributed by atoms with Crippen LogP contribution in [0.5, 0.6) is 0 Å². The molecule has 0 aliphatic carbocycles. The van der Waals surface area contributed by atoms with Crippen LogP contribution in [0.2, 0.25) is 0 Å². The highest BCUT2D eigenvalue weighted by Crippen LogP contribution is 2.01. The fourth-order valence-electron chi connectivity index (χ4n) is 2.49. The lowest BCUT2D eigenvalue weighted by molar-refractivity contribution is 0.117. The molecule has 0 fully saturated rings. The second kappa shape index (κ2) is 12.1. The molecule has 2 aromatic carbocycles. The van der Waals surface area contributed by atoms with Crippen LogP contribution in [0.4, 0.5) is 0 Å². The molecule has 0 spiro atoms. The van der Waals surface area contributed by atoms with Gasteiger partial charge in [0.05, 0.1) is 6.61 Å². The van der Waals surface area contributed by atoms with Gasteiger partial charge in [0.2, 0.25) is 0 Å². The average molecular weight is 339 g/mol. The Kier molecular flexibility index (Phi) is 9.19. The first kappa shape index (κ1) is 19.0. The van der Waals surface area contributed by atoms with E-state index in [2.05, 4.69) is 52.0 Å². The van der Waals surface area contributed by atoms with E-state index in [0.29, 0.717) is 6.61 Å². The largest absolute Gasteiger partial charge is 0.377 e. The maximum Gasteiger partial charge on any atom is 0.190 e. The predicted octanol–water partition coefficient (Wildman–Crippen LogP) is 3.39. The molecule has 2 aromatic rings. The number of rotatable bonds is 10.